The van der Waals surface area contributed by atoms with E-state index < -0.39 is 5.97 Å². The van der Waals surface area contributed by atoms with Crippen LogP contribution in [-0.4, -0.2) is 20.6 Å². The average molecular weight is 194 g/mol. The summed E-state index contributed by atoms with van der Waals surface area (Å²) < 4.78 is 1.97. The van der Waals surface area contributed by atoms with Crippen LogP contribution in [-0.2, 0) is 17.8 Å². The molecule has 0 unspecified atom stereocenters. The second kappa shape index (κ2) is 3.82. The topological polar surface area (TPSA) is 55.1 Å². The van der Waals surface area contributed by atoms with Gasteiger partial charge in [-0.1, -0.05) is 6.42 Å². The van der Waals surface area contributed by atoms with E-state index in [1.165, 1.54) is 19.3 Å². The molecule has 4 heteroatoms. The number of imidazole rings is 1. The first kappa shape index (κ1) is 9.24. The van der Waals surface area contributed by atoms with Crippen LogP contribution in [0.5, 0.6) is 0 Å². The molecule has 1 aliphatic carbocycles. The zero-order valence-corrected chi connectivity index (χ0v) is 8.02. The Labute approximate surface area is 82.6 Å². The Hall–Kier alpha value is -1.32. The highest BCUT2D eigenvalue weighted by molar-refractivity contribution is 5.69. The van der Waals surface area contributed by atoms with Crippen LogP contribution in [0.4, 0.5) is 0 Å². The first-order valence-corrected chi connectivity index (χ1v) is 4.97. The molecule has 0 aromatic carbocycles. The lowest BCUT2D eigenvalue weighted by atomic mass is 9.85. The molecule has 1 saturated carbocycles. The van der Waals surface area contributed by atoms with Gasteiger partial charge in [-0.3, -0.25) is 4.79 Å². The molecule has 2 rings (SSSR count). The summed E-state index contributed by atoms with van der Waals surface area (Å²) in [5.41, 5.74) is 0. The van der Waals surface area contributed by atoms with Gasteiger partial charge < -0.3 is 9.67 Å². The zero-order chi connectivity index (χ0) is 9.97. The summed E-state index contributed by atoms with van der Waals surface area (Å²) in [5.74, 6) is 0.590. The predicted octanol–water partition coefficient (Wildman–Crippen LogP) is 1.31. The van der Waals surface area contributed by atoms with Gasteiger partial charge in [0.1, 0.15) is 12.2 Å². The molecule has 1 aromatic heterocycles. The maximum atomic E-state index is 10.5. The molecule has 0 atom stereocenters. The van der Waals surface area contributed by atoms with Crippen molar-refractivity contribution in [3.63, 3.8) is 0 Å². The molecule has 0 radical (unpaired) electrons. The van der Waals surface area contributed by atoms with Gasteiger partial charge in [-0.2, -0.15) is 0 Å². The molecule has 0 amide bonds. The zero-order valence-electron chi connectivity index (χ0n) is 8.02. The van der Waals surface area contributed by atoms with Crippen molar-refractivity contribution in [2.45, 2.75) is 32.2 Å². The van der Waals surface area contributed by atoms with E-state index in [0.717, 1.165) is 12.5 Å². The number of aliphatic carboxylic acids is 1. The maximum Gasteiger partial charge on any atom is 0.311 e. The number of carboxylic acids is 1. The van der Waals surface area contributed by atoms with Crippen molar-refractivity contribution in [1.29, 1.82) is 0 Å². The molecule has 1 aliphatic rings. The molecule has 1 aromatic rings. The lowest BCUT2D eigenvalue weighted by Crippen LogP contribution is -2.20. The Kier molecular flexibility index (Phi) is 2.52. The third-order valence-corrected chi connectivity index (χ3v) is 2.79. The molecular formula is C10H14N2O2. The van der Waals surface area contributed by atoms with Crippen molar-refractivity contribution in [1.82, 2.24) is 9.55 Å². The van der Waals surface area contributed by atoms with Gasteiger partial charge in [0.05, 0.1) is 0 Å². The second-order valence-corrected chi connectivity index (χ2v) is 3.86. The van der Waals surface area contributed by atoms with Crippen LogP contribution in [0.3, 0.4) is 0 Å². The second-order valence-electron chi connectivity index (χ2n) is 3.86. The largest absolute Gasteiger partial charge is 0.481 e. The van der Waals surface area contributed by atoms with E-state index in [2.05, 4.69) is 4.98 Å². The van der Waals surface area contributed by atoms with Crippen LogP contribution < -0.4 is 0 Å². The summed E-state index contributed by atoms with van der Waals surface area (Å²) in [4.78, 5) is 14.6. The highest BCUT2D eigenvalue weighted by Gasteiger charge is 2.19. The van der Waals surface area contributed by atoms with Crippen LogP contribution in [0.15, 0.2) is 12.4 Å². The normalized spacial score (nSPS) is 16.6. The van der Waals surface area contributed by atoms with Gasteiger partial charge in [-0.05, 0) is 18.8 Å². The molecule has 1 N–H and O–H groups in total. The van der Waals surface area contributed by atoms with Crippen LogP contribution in [0, 0.1) is 5.92 Å². The number of aromatic nitrogens is 2. The molecule has 1 heterocycles. The Balaban J connectivity index is 2.00. The molecule has 1 fully saturated rings. The van der Waals surface area contributed by atoms with E-state index in [-0.39, 0.29) is 6.42 Å². The van der Waals surface area contributed by atoms with Crippen molar-refractivity contribution in [2.24, 2.45) is 5.92 Å². The van der Waals surface area contributed by atoms with Crippen LogP contribution in [0.25, 0.3) is 0 Å². The van der Waals surface area contributed by atoms with Crippen molar-refractivity contribution in [3.05, 3.63) is 18.2 Å². The summed E-state index contributed by atoms with van der Waals surface area (Å²) in [6, 6.07) is 0. The third kappa shape index (κ3) is 1.95. The predicted molar refractivity (Wildman–Crippen MR) is 50.9 cm³/mol. The lowest BCUT2D eigenvalue weighted by molar-refractivity contribution is -0.136. The van der Waals surface area contributed by atoms with Crippen molar-refractivity contribution >= 4 is 5.97 Å². The minimum Gasteiger partial charge on any atom is -0.481 e. The number of carbonyl (C=O) groups is 1. The first-order valence-electron chi connectivity index (χ1n) is 4.97. The Morgan fingerprint density at radius 2 is 2.43 bits per heavy atom. The fourth-order valence-corrected chi connectivity index (χ4v) is 1.76. The van der Waals surface area contributed by atoms with E-state index in [0.29, 0.717) is 5.82 Å². The molecule has 0 aliphatic heterocycles. The van der Waals surface area contributed by atoms with Gasteiger partial charge in [0, 0.05) is 18.9 Å². The maximum absolute atomic E-state index is 10.5. The molecule has 0 spiro atoms. The van der Waals surface area contributed by atoms with Crippen molar-refractivity contribution < 1.29 is 9.90 Å². The number of rotatable bonds is 4. The number of hydrogen-bond acceptors (Lipinski definition) is 2. The van der Waals surface area contributed by atoms with E-state index in [9.17, 15) is 4.79 Å². The first-order chi connectivity index (χ1) is 6.75. The number of hydrogen-bond donors (Lipinski definition) is 1. The molecular weight excluding hydrogens is 180 g/mol. The van der Waals surface area contributed by atoms with E-state index in [1.54, 1.807) is 6.20 Å². The summed E-state index contributed by atoms with van der Waals surface area (Å²) in [5, 5.41) is 8.66. The summed E-state index contributed by atoms with van der Waals surface area (Å²) in [6.07, 6.45) is 7.43. The Morgan fingerprint density at radius 3 is 3.00 bits per heavy atom. The Morgan fingerprint density at radius 1 is 1.64 bits per heavy atom. The fraction of sp³-hybridized carbons (Fsp3) is 0.600. The van der Waals surface area contributed by atoms with Crippen molar-refractivity contribution in [3.8, 4) is 0 Å². The standard InChI is InChI=1S/C10H14N2O2/c13-10(14)6-9-11-4-5-12(9)7-8-2-1-3-8/h4-5,8H,1-3,6-7H2,(H,13,14). The van der Waals surface area contributed by atoms with Gasteiger partial charge in [-0.25, -0.2) is 4.98 Å². The average Bonchev–Trinajstić information content (AvgIpc) is 2.44. The SMILES string of the molecule is O=C(O)Cc1nccn1CC1CCC1. The van der Waals surface area contributed by atoms with Gasteiger partial charge in [-0.15, -0.1) is 0 Å². The highest BCUT2D eigenvalue weighted by atomic mass is 16.4. The lowest BCUT2D eigenvalue weighted by Gasteiger charge is -2.26. The fourth-order valence-electron chi connectivity index (χ4n) is 1.76. The monoisotopic (exact) mass is 194 g/mol. The van der Waals surface area contributed by atoms with Crippen molar-refractivity contribution in [2.75, 3.05) is 0 Å². The van der Waals surface area contributed by atoms with Gasteiger partial charge in [0.25, 0.3) is 0 Å². The third-order valence-electron chi connectivity index (χ3n) is 2.79. The number of nitrogens with zero attached hydrogens (tertiary/aromatic N) is 2. The highest BCUT2D eigenvalue weighted by Crippen LogP contribution is 2.28. The minimum absolute atomic E-state index is 0.0275. The Bertz CT molecular complexity index is 329. The molecule has 0 saturated heterocycles. The minimum atomic E-state index is -0.814. The molecule has 4 nitrogen and oxygen atoms in total. The van der Waals surface area contributed by atoms with Gasteiger partial charge >= 0.3 is 5.97 Å². The van der Waals surface area contributed by atoms with E-state index in [4.69, 9.17) is 5.11 Å². The summed E-state index contributed by atoms with van der Waals surface area (Å²) in [6.45, 7) is 0.933. The molecule has 0 bridgehead atoms. The molecule has 76 valence electrons. The molecule has 14 heavy (non-hydrogen) atoms. The van der Waals surface area contributed by atoms with Crippen LogP contribution >= 0.6 is 0 Å². The summed E-state index contributed by atoms with van der Waals surface area (Å²) >= 11 is 0. The summed E-state index contributed by atoms with van der Waals surface area (Å²) in [7, 11) is 0. The van der Waals surface area contributed by atoms with Gasteiger partial charge in [0.2, 0.25) is 0 Å². The smallest absolute Gasteiger partial charge is 0.311 e. The van der Waals surface area contributed by atoms with Gasteiger partial charge in [0.15, 0.2) is 0 Å². The van der Waals surface area contributed by atoms with E-state index >= 15 is 0 Å². The van der Waals surface area contributed by atoms with Crippen LogP contribution in [0.1, 0.15) is 25.1 Å². The quantitative estimate of drug-likeness (QED) is 0.786. The van der Waals surface area contributed by atoms with Crippen LogP contribution in [0.2, 0.25) is 0 Å². The number of carboxylic acid groups (broad SMARTS) is 1. The van der Waals surface area contributed by atoms with E-state index in [1.807, 2.05) is 10.8 Å².